The van der Waals surface area contributed by atoms with E-state index >= 15 is 0 Å². The number of aliphatic hydroxyl groups is 1. The number of rotatable bonds is 7. The van der Waals surface area contributed by atoms with Gasteiger partial charge in [0.25, 0.3) is 11.7 Å². The monoisotopic (exact) mass is 569 g/mol. The standard InChI is InChI=1S/C27H24BrNO6S/c1-15(2)14-35-27(33)16-6-9-18(10-7-16)29-23(21-5-4-12-36-21)22(25(31)26(29)32)24(30)17-8-11-20(34-3)19(28)13-17/h4-13,15,23,30H,14H2,1-3H3/b24-22-. The number of carbonyl (C=O) groups is 3. The number of ketones is 1. The lowest BCUT2D eigenvalue weighted by atomic mass is 9.99. The van der Waals surface area contributed by atoms with Crippen LogP contribution in [0, 0.1) is 5.92 Å². The van der Waals surface area contributed by atoms with Crippen LogP contribution in [0.4, 0.5) is 5.69 Å². The number of hydrogen-bond acceptors (Lipinski definition) is 7. The van der Waals surface area contributed by atoms with E-state index in [-0.39, 0.29) is 17.3 Å². The van der Waals surface area contributed by atoms with Crippen LogP contribution >= 0.6 is 27.3 Å². The molecular weight excluding hydrogens is 546 g/mol. The summed E-state index contributed by atoms with van der Waals surface area (Å²) in [6.45, 7) is 4.19. The van der Waals surface area contributed by atoms with Gasteiger partial charge in [-0.15, -0.1) is 11.3 Å². The van der Waals surface area contributed by atoms with Crippen molar-refractivity contribution >= 4 is 56.4 Å². The van der Waals surface area contributed by atoms with Gasteiger partial charge in [-0.3, -0.25) is 14.5 Å². The van der Waals surface area contributed by atoms with Gasteiger partial charge in [-0.05, 0) is 75.8 Å². The number of thiophene rings is 1. The van der Waals surface area contributed by atoms with Gasteiger partial charge in [-0.1, -0.05) is 19.9 Å². The molecule has 4 rings (SSSR count). The lowest BCUT2D eigenvalue weighted by Crippen LogP contribution is -2.29. The Bertz CT molecular complexity index is 1330. The maximum Gasteiger partial charge on any atom is 0.338 e. The van der Waals surface area contributed by atoms with Gasteiger partial charge in [-0.25, -0.2) is 4.79 Å². The third kappa shape index (κ3) is 4.94. The van der Waals surface area contributed by atoms with E-state index in [4.69, 9.17) is 9.47 Å². The number of halogens is 1. The molecule has 1 aliphatic heterocycles. The Hall–Kier alpha value is -3.43. The van der Waals surface area contributed by atoms with Gasteiger partial charge in [0.1, 0.15) is 17.6 Å². The molecule has 1 aliphatic rings. The minimum absolute atomic E-state index is 0.0139. The van der Waals surface area contributed by atoms with Crippen LogP contribution in [0.5, 0.6) is 5.75 Å². The van der Waals surface area contributed by atoms with Crippen LogP contribution in [0.15, 0.2) is 70.0 Å². The van der Waals surface area contributed by atoms with E-state index in [0.29, 0.717) is 38.5 Å². The molecule has 1 aromatic heterocycles. The van der Waals surface area contributed by atoms with Gasteiger partial charge >= 0.3 is 5.97 Å². The van der Waals surface area contributed by atoms with E-state index in [1.165, 1.54) is 23.3 Å². The highest BCUT2D eigenvalue weighted by Gasteiger charge is 2.47. The van der Waals surface area contributed by atoms with Gasteiger partial charge in [0, 0.05) is 16.1 Å². The molecule has 186 valence electrons. The molecule has 2 heterocycles. The average molecular weight is 570 g/mol. The fraction of sp³-hybridized carbons (Fsp3) is 0.222. The lowest BCUT2D eigenvalue weighted by Gasteiger charge is -2.24. The van der Waals surface area contributed by atoms with E-state index < -0.39 is 23.7 Å². The van der Waals surface area contributed by atoms with Crippen molar-refractivity contribution in [2.75, 3.05) is 18.6 Å². The van der Waals surface area contributed by atoms with Crippen LogP contribution in [-0.4, -0.2) is 36.5 Å². The number of hydrogen-bond donors (Lipinski definition) is 1. The number of amides is 1. The number of carbonyl (C=O) groups excluding carboxylic acids is 3. The molecule has 0 spiro atoms. The molecule has 7 nitrogen and oxygen atoms in total. The van der Waals surface area contributed by atoms with Crippen molar-refractivity contribution in [1.29, 1.82) is 0 Å². The summed E-state index contributed by atoms with van der Waals surface area (Å²) in [4.78, 5) is 40.8. The first-order chi connectivity index (χ1) is 17.2. The quantitative estimate of drug-likeness (QED) is 0.163. The fourth-order valence-electron chi connectivity index (χ4n) is 3.87. The predicted molar refractivity (Wildman–Crippen MR) is 141 cm³/mol. The van der Waals surface area contributed by atoms with Crippen LogP contribution in [-0.2, 0) is 14.3 Å². The van der Waals surface area contributed by atoms with Crippen molar-refractivity contribution in [2.24, 2.45) is 5.92 Å². The molecular formula is C27H24BrNO6S. The Labute approximate surface area is 221 Å². The van der Waals surface area contributed by atoms with Gasteiger partial charge in [-0.2, -0.15) is 0 Å². The highest BCUT2D eigenvalue weighted by molar-refractivity contribution is 9.10. The molecule has 36 heavy (non-hydrogen) atoms. The molecule has 0 bridgehead atoms. The van der Waals surface area contributed by atoms with E-state index in [2.05, 4.69) is 15.9 Å². The molecule has 1 fully saturated rings. The van der Waals surface area contributed by atoms with Crippen molar-refractivity contribution in [3.05, 3.63) is 86.0 Å². The summed E-state index contributed by atoms with van der Waals surface area (Å²) in [6, 6.07) is 14.0. The average Bonchev–Trinajstić information content (AvgIpc) is 3.49. The van der Waals surface area contributed by atoms with Gasteiger partial charge in [0.2, 0.25) is 0 Å². The lowest BCUT2D eigenvalue weighted by molar-refractivity contribution is -0.132. The van der Waals surface area contributed by atoms with Crippen molar-refractivity contribution in [2.45, 2.75) is 19.9 Å². The van der Waals surface area contributed by atoms with Gasteiger partial charge in [0.05, 0.1) is 29.3 Å². The highest BCUT2D eigenvalue weighted by atomic mass is 79.9. The van der Waals surface area contributed by atoms with Crippen LogP contribution in [0.1, 0.15) is 40.7 Å². The normalized spacial score (nSPS) is 17.0. The summed E-state index contributed by atoms with van der Waals surface area (Å²) in [6.07, 6.45) is 0. The SMILES string of the molecule is COc1ccc(/C(O)=C2/C(=O)C(=O)N(c3ccc(C(=O)OCC(C)C)cc3)C2c2cccs2)cc1Br. The van der Waals surface area contributed by atoms with E-state index in [1.54, 1.807) is 42.5 Å². The third-order valence-corrected chi connectivity index (χ3v) is 7.16. The summed E-state index contributed by atoms with van der Waals surface area (Å²) in [5, 5.41) is 13.1. The Morgan fingerprint density at radius 2 is 1.81 bits per heavy atom. The molecule has 1 saturated heterocycles. The number of methoxy groups -OCH3 is 1. The second-order valence-electron chi connectivity index (χ2n) is 8.57. The zero-order valence-electron chi connectivity index (χ0n) is 19.9. The predicted octanol–water partition coefficient (Wildman–Crippen LogP) is 5.96. The third-order valence-electron chi connectivity index (χ3n) is 5.61. The Balaban J connectivity index is 1.76. The number of esters is 1. The van der Waals surface area contributed by atoms with Crippen LogP contribution in [0.2, 0.25) is 0 Å². The van der Waals surface area contributed by atoms with Gasteiger partial charge < -0.3 is 14.6 Å². The summed E-state index contributed by atoms with van der Waals surface area (Å²) >= 11 is 4.76. The molecule has 1 amide bonds. The molecule has 9 heteroatoms. The van der Waals surface area contributed by atoms with Crippen molar-refractivity contribution in [1.82, 2.24) is 0 Å². The minimum atomic E-state index is -0.829. The van der Waals surface area contributed by atoms with Gasteiger partial charge in [0.15, 0.2) is 0 Å². The largest absolute Gasteiger partial charge is 0.507 e. The van der Waals surface area contributed by atoms with Crippen molar-refractivity contribution < 1.29 is 29.0 Å². The van der Waals surface area contributed by atoms with Crippen LogP contribution in [0.25, 0.3) is 5.76 Å². The minimum Gasteiger partial charge on any atom is -0.507 e. The van der Waals surface area contributed by atoms with Crippen LogP contribution < -0.4 is 9.64 Å². The first kappa shape index (κ1) is 25.7. The van der Waals surface area contributed by atoms with E-state index in [1.807, 2.05) is 31.4 Å². The molecule has 1 unspecified atom stereocenters. The maximum atomic E-state index is 13.2. The fourth-order valence-corrected chi connectivity index (χ4v) is 5.23. The summed E-state index contributed by atoms with van der Waals surface area (Å²) < 4.78 is 11.1. The zero-order chi connectivity index (χ0) is 26.0. The maximum absolute atomic E-state index is 13.2. The molecule has 2 aromatic carbocycles. The number of nitrogens with zero attached hydrogens (tertiary/aromatic N) is 1. The molecule has 1 N–H and O–H groups in total. The smallest absolute Gasteiger partial charge is 0.338 e. The van der Waals surface area contributed by atoms with Crippen molar-refractivity contribution in [3.63, 3.8) is 0 Å². The number of aliphatic hydroxyl groups excluding tert-OH is 1. The summed E-state index contributed by atoms with van der Waals surface area (Å²) in [7, 11) is 1.53. The molecule has 0 aliphatic carbocycles. The Morgan fingerprint density at radius 1 is 1.11 bits per heavy atom. The second kappa shape index (κ2) is 10.7. The molecule has 0 radical (unpaired) electrons. The Kier molecular flexibility index (Phi) is 7.61. The first-order valence-electron chi connectivity index (χ1n) is 11.2. The topological polar surface area (TPSA) is 93.1 Å². The number of Topliss-reactive ketones (excluding diaryl/α,β-unsaturated/α-hetero) is 1. The van der Waals surface area contributed by atoms with Crippen molar-refractivity contribution in [3.8, 4) is 5.75 Å². The van der Waals surface area contributed by atoms with E-state index in [9.17, 15) is 19.5 Å². The first-order valence-corrected chi connectivity index (χ1v) is 12.9. The highest BCUT2D eigenvalue weighted by Crippen LogP contribution is 2.44. The molecule has 3 aromatic rings. The molecule has 0 saturated carbocycles. The Morgan fingerprint density at radius 3 is 2.39 bits per heavy atom. The zero-order valence-corrected chi connectivity index (χ0v) is 22.3. The number of benzene rings is 2. The summed E-state index contributed by atoms with van der Waals surface area (Å²) in [5.41, 5.74) is 1.11. The van der Waals surface area contributed by atoms with Crippen LogP contribution in [0.3, 0.4) is 0 Å². The summed E-state index contributed by atoms with van der Waals surface area (Å²) in [5.74, 6) is -1.54. The number of ether oxygens (including phenoxy) is 2. The van der Waals surface area contributed by atoms with E-state index in [0.717, 1.165) is 0 Å². The molecule has 1 atom stereocenters. The number of anilines is 1. The second-order valence-corrected chi connectivity index (χ2v) is 10.4.